The summed E-state index contributed by atoms with van der Waals surface area (Å²) in [5.41, 5.74) is 1.07. The van der Waals surface area contributed by atoms with Gasteiger partial charge in [0.05, 0.1) is 5.41 Å². The summed E-state index contributed by atoms with van der Waals surface area (Å²) in [6, 6.07) is 10.6. The first kappa shape index (κ1) is 14.6. The SMILES string of the molecule is O=C(O)C12CCC3(CCl)CCC(c4ccccc4)(CC3C1)C2. The van der Waals surface area contributed by atoms with Crippen LogP contribution in [0.4, 0.5) is 0 Å². The van der Waals surface area contributed by atoms with Gasteiger partial charge in [0.1, 0.15) is 0 Å². The predicted molar refractivity (Wildman–Crippen MR) is 87.2 cm³/mol. The van der Waals surface area contributed by atoms with Crippen LogP contribution in [0.2, 0.25) is 0 Å². The lowest BCUT2D eigenvalue weighted by Crippen LogP contribution is -2.59. The number of aliphatic carboxylic acids is 1. The minimum absolute atomic E-state index is 0.0541. The number of carboxylic acids is 1. The van der Waals surface area contributed by atoms with Crippen molar-refractivity contribution in [2.45, 2.75) is 50.4 Å². The molecule has 3 aliphatic carbocycles. The fraction of sp³-hybridized carbons (Fsp3) is 0.632. The Morgan fingerprint density at radius 1 is 1.14 bits per heavy atom. The van der Waals surface area contributed by atoms with E-state index in [1.807, 2.05) is 6.07 Å². The number of benzene rings is 1. The number of carbonyl (C=O) groups is 1. The first-order valence-corrected chi connectivity index (χ1v) is 8.93. The Morgan fingerprint density at radius 3 is 2.55 bits per heavy atom. The minimum atomic E-state index is -0.581. The molecule has 1 aromatic rings. The van der Waals surface area contributed by atoms with Crippen LogP contribution in [0.1, 0.15) is 50.5 Å². The van der Waals surface area contributed by atoms with E-state index in [0.29, 0.717) is 11.8 Å². The Hall–Kier alpha value is -1.02. The van der Waals surface area contributed by atoms with Gasteiger partial charge in [0, 0.05) is 5.88 Å². The number of hydrogen-bond donors (Lipinski definition) is 1. The molecule has 4 atom stereocenters. The van der Waals surface area contributed by atoms with Crippen molar-refractivity contribution < 1.29 is 9.90 Å². The summed E-state index contributed by atoms with van der Waals surface area (Å²) in [5.74, 6) is 0.582. The number of rotatable bonds is 3. The van der Waals surface area contributed by atoms with Gasteiger partial charge in [0.25, 0.3) is 0 Å². The maximum atomic E-state index is 12.1. The number of carboxylic acid groups (broad SMARTS) is 1. The largest absolute Gasteiger partial charge is 0.481 e. The first-order valence-electron chi connectivity index (χ1n) is 8.39. The highest BCUT2D eigenvalue weighted by molar-refractivity contribution is 6.18. The second-order valence-electron chi connectivity index (χ2n) is 8.01. The summed E-state index contributed by atoms with van der Waals surface area (Å²) in [6.07, 6.45) is 6.83. The Kier molecular flexibility index (Phi) is 3.14. The standard InChI is InChI=1S/C19H23ClO2/c20-13-17-6-8-18(14-4-2-1-3-5-14)10-15(17)11-19(12-18,9-7-17)16(21)22/h1-5,15H,6-13H2,(H,21,22). The van der Waals surface area contributed by atoms with Crippen LogP contribution in [0.15, 0.2) is 30.3 Å². The minimum Gasteiger partial charge on any atom is -0.481 e. The second-order valence-corrected chi connectivity index (χ2v) is 8.28. The van der Waals surface area contributed by atoms with Gasteiger partial charge in [0.15, 0.2) is 0 Å². The van der Waals surface area contributed by atoms with E-state index in [4.69, 9.17) is 11.6 Å². The molecule has 22 heavy (non-hydrogen) atoms. The van der Waals surface area contributed by atoms with Crippen molar-refractivity contribution in [3.05, 3.63) is 35.9 Å². The van der Waals surface area contributed by atoms with E-state index < -0.39 is 11.4 Å². The average Bonchev–Trinajstić information content (AvgIpc) is 2.54. The summed E-state index contributed by atoms with van der Waals surface area (Å²) < 4.78 is 0. The van der Waals surface area contributed by atoms with Gasteiger partial charge in [-0.2, -0.15) is 0 Å². The summed E-state index contributed by atoms with van der Waals surface area (Å²) in [7, 11) is 0. The van der Waals surface area contributed by atoms with E-state index in [2.05, 4.69) is 24.3 Å². The van der Waals surface area contributed by atoms with Crippen molar-refractivity contribution in [1.82, 2.24) is 0 Å². The molecule has 0 spiro atoms. The summed E-state index contributed by atoms with van der Waals surface area (Å²) in [6.45, 7) is 0. The highest BCUT2D eigenvalue weighted by Gasteiger charge is 2.63. The van der Waals surface area contributed by atoms with Gasteiger partial charge in [-0.3, -0.25) is 4.79 Å². The molecular weight excluding hydrogens is 296 g/mol. The van der Waals surface area contributed by atoms with Gasteiger partial charge < -0.3 is 5.11 Å². The number of halogens is 1. The molecule has 0 saturated heterocycles. The van der Waals surface area contributed by atoms with Crippen LogP contribution < -0.4 is 0 Å². The third-order valence-corrected chi connectivity index (χ3v) is 7.66. The molecule has 0 aliphatic heterocycles. The summed E-state index contributed by atoms with van der Waals surface area (Å²) in [5, 5.41) is 9.95. The fourth-order valence-corrected chi connectivity index (χ4v) is 6.29. The van der Waals surface area contributed by atoms with Crippen LogP contribution in [0.25, 0.3) is 0 Å². The highest BCUT2D eigenvalue weighted by atomic mass is 35.5. The zero-order chi connectivity index (χ0) is 15.4. The van der Waals surface area contributed by atoms with Crippen molar-refractivity contribution in [2.24, 2.45) is 16.7 Å². The molecule has 0 amide bonds. The van der Waals surface area contributed by atoms with Crippen LogP contribution in [0.3, 0.4) is 0 Å². The quantitative estimate of drug-likeness (QED) is 0.826. The van der Waals surface area contributed by atoms with Crippen molar-refractivity contribution in [3.63, 3.8) is 0 Å². The van der Waals surface area contributed by atoms with E-state index in [9.17, 15) is 9.90 Å². The monoisotopic (exact) mass is 318 g/mol. The topological polar surface area (TPSA) is 37.3 Å². The van der Waals surface area contributed by atoms with Crippen LogP contribution in [-0.4, -0.2) is 17.0 Å². The van der Waals surface area contributed by atoms with E-state index in [1.54, 1.807) is 0 Å². The third-order valence-electron chi connectivity index (χ3n) is 7.13. The van der Waals surface area contributed by atoms with Crippen molar-refractivity contribution in [2.75, 3.05) is 5.88 Å². The van der Waals surface area contributed by atoms with E-state index in [1.165, 1.54) is 5.56 Å². The van der Waals surface area contributed by atoms with Crippen LogP contribution in [-0.2, 0) is 10.2 Å². The fourth-order valence-electron chi connectivity index (χ4n) is 5.80. The molecule has 4 rings (SSSR count). The lowest BCUT2D eigenvalue weighted by atomic mass is 9.41. The Bertz CT molecular complexity index is 601. The second kappa shape index (κ2) is 4.74. The Labute approximate surface area is 136 Å². The molecule has 3 fully saturated rings. The summed E-state index contributed by atoms with van der Waals surface area (Å²) >= 11 is 6.38. The lowest BCUT2D eigenvalue weighted by molar-refractivity contribution is -0.169. The van der Waals surface area contributed by atoms with Crippen molar-refractivity contribution >= 4 is 17.6 Å². The van der Waals surface area contributed by atoms with Crippen LogP contribution in [0, 0.1) is 16.7 Å². The average molecular weight is 319 g/mol. The zero-order valence-electron chi connectivity index (χ0n) is 12.9. The normalized spacial score (nSPS) is 43.0. The van der Waals surface area contributed by atoms with Crippen molar-refractivity contribution in [1.29, 1.82) is 0 Å². The molecule has 0 heterocycles. The molecule has 3 heteroatoms. The Balaban J connectivity index is 1.81. The lowest BCUT2D eigenvalue weighted by Gasteiger charge is -2.63. The molecule has 1 aromatic carbocycles. The molecule has 1 N–H and O–H groups in total. The van der Waals surface area contributed by atoms with Gasteiger partial charge in [-0.1, -0.05) is 30.3 Å². The number of alkyl halides is 1. The molecule has 2 nitrogen and oxygen atoms in total. The molecule has 3 aliphatic rings. The molecule has 118 valence electrons. The van der Waals surface area contributed by atoms with Gasteiger partial charge >= 0.3 is 5.97 Å². The zero-order valence-corrected chi connectivity index (χ0v) is 13.6. The highest BCUT2D eigenvalue weighted by Crippen LogP contribution is 2.68. The summed E-state index contributed by atoms with van der Waals surface area (Å²) in [4.78, 5) is 12.1. The van der Waals surface area contributed by atoms with Crippen molar-refractivity contribution in [3.8, 4) is 0 Å². The van der Waals surface area contributed by atoms with Gasteiger partial charge in [0.2, 0.25) is 0 Å². The first-order chi connectivity index (χ1) is 10.5. The molecule has 3 saturated carbocycles. The molecule has 0 radical (unpaired) electrons. The smallest absolute Gasteiger partial charge is 0.309 e. The van der Waals surface area contributed by atoms with E-state index in [0.717, 1.165) is 44.9 Å². The van der Waals surface area contributed by atoms with Crippen LogP contribution >= 0.6 is 11.6 Å². The predicted octanol–water partition coefficient (Wildman–Crippen LogP) is 4.61. The van der Waals surface area contributed by atoms with Crippen LogP contribution in [0.5, 0.6) is 0 Å². The Morgan fingerprint density at radius 2 is 1.86 bits per heavy atom. The maximum Gasteiger partial charge on any atom is 0.309 e. The van der Waals surface area contributed by atoms with Gasteiger partial charge in [-0.05, 0) is 67.3 Å². The van der Waals surface area contributed by atoms with Gasteiger partial charge in [-0.25, -0.2) is 0 Å². The maximum absolute atomic E-state index is 12.1. The molecule has 3 bridgehead atoms. The third kappa shape index (κ3) is 1.83. The molecule has 0 aromatic heterocycles. The van der Waals surface area contributed by atoms with E-state index >= 15 is 0 Å². The van der Waals surface area contributed by atoms with Gasteiger partial charge in [-0.15, -0.1) is 11.6 Å². The van der Waals surface area contributed by atoms with E-state index in [-0.39, 0.29) is 10.8 Å². The molecular formula is C19H23ClO2. The number of hydrogen-bond acceptors (Lipinski definition) is 1. The molecule has 4 unspecified atom stereocenters. The number of fused-ring (bicyclic) bond motifs is 2.